The molecular formula is C25H24N2O2. The molecule has 3 aromatic rings. The van der Waals surface area contributed by atoms with Gasteiger partial charge in [-0.15, -0.1) is 0 Å². The highest BCUT2D eigenvalue weighted by molar-refractivity contribution is 5.95. The minimum atomic E-state index is -0.755. The second-order valence-corrected chi connectivity index (χ2v) is 7.69. The van der Waals surface area contributed by atoms with Gasteiger partial charge in [-0.05, 0) is 41.7 Å². The number of rotatable bonds is 5. The highest BCUT2D eigenvalue weighted by Gasteiger charge is 2.45. The summed E-state index contributed by atoms with van der Waals surface area (Å²) in [4.78, 5) is 27.2. The average Bonchev–Trinajstić information content (AvgIpc) is 3.20. The summed E-state index contributed by atoms with van der Waals surface area (Å²) in [5, 5.41) is 0. The number of carbonyl (C=O) groups excluding carboxylic acids is 2. The van der Waals surface area contributed by atoms with Crippen LogP contribution >= 0.6 is 0 Å². The van der Waals surface area contributed by atoms with E-state index in [9.17, 15) is 9.59 Å². The van der Waals surface area contributed by atoms with Gasteiger partial charge in [0.2, 0.25) is 5.91 Å². The molecule has 0 saturated carbocycles. The fourth-order valence-electron chi connectivity index (χ4n) is 4.18. The van der Waals surface area contributed by atoms with Crippen molar-refractivity contribution in [3.05, 3.63) is 96.1 Å². The molecule has 1 aliphatic rings. The predicted molar refractivity (Wildman–Crippen MR) is 114 cm³/mol. The Morgan fingerprint density at radius 2 is 1.48 bits per heavy atom. The fourth-order valence-corrected chi connectivity index (χ4v) is 4.18. The van der Waals surface area contributed by atoms with Gasteiger partial charge in [-0.3, -0.25) is 9.59 Å². The number of amides is 2. The molecule has 29 heavy (non-hydrogen) atoms. The summed E-state index contributed by atoms with van der Waals surface area (Å²) in [6, 6.07) is 27.4. The third kappa shape index (κ3) is 3.79. The van der Waals surface area contributed by atoms with E-state index in [1.165, 1.54) is 0 Å². The van der Waals surface area contributed by atoms with Crippen molar-refractivity contribution in [2.24, 2.45) is 11.1 Å². The molecule has 1 aliphatic heterocycles. The molecule has 1 atom stereocenters. The zero-order valence-electron chi connectivity index (χ0n) is 16.3. The summed E-state index contributed by atoms with van der Waals surface area (Å²) in [6.45, 7) is 0.878. The minimum Gasteiger partial charge on any atom is -0.369 e. The first-order valence-electron chi connectivity index (χ1n) is 9.87. The van der Waals surface area contributed by atoms with Crippen molar-refractivity contribution in [3.8, 4) is 11.1 Å². The maximum Gasteiger partial charge on any atom is 0.253 e. The van der Waals surface area contributed by atoms with E-state index in [4.69, 9.17) is 5.73 Å². The van der Waals surface area contributed by atoms with Crippen LogP contribution in [0.1, 0.15) is 22.3 Å². The van der Waals surface area contributed by atoms with Crippen LogP contribution in [0.5, 0.6) is 0 Å². The molecule has 0 bridgehead atoms. The van der Waals surface area contributed by atoms with E-state index in [0.717, 1.165) is 16.7 Å². The molecule has 3 aromatic carbocycles. The van der Waals surface area contributed by atoms with Gasteiger partial charge < -0.3 is 10.6 Å². The third-order valence-electron chi connectivity index (χ3n) is 5.82. The number of hydrogen-bond acceptors (Lipinski definition) is 2. The number of nitrogens with zero attached hydrogens (tertiary/aromatic N) is 1. The molecule has 0 aliphatic carbocycles. The molecule has 1 heterocycles. The first kappa shape index (κ1) is 18.9. The van der Waals surface area contributed by atoms with Crippen LogP contribution in [-0.4, -0.2) is 29.8 Å². The van der Waals surface area contributed by atoms with Crippen LogP contribution in [-0.2, 0) is 11.2 Å². The van der Waals surface area contributed by atoms with E-state index >= 15 is 0 Å². The molecule has 0 unspecified atom stereocenters. The van der Waals surface area contributed by atoms with E-state index in [0.29, 0.717) is 31.5 Å². The minimum absolute atomic E-state index is 0.0509. The third-order valence-corrected chi connectivity index (χ3v) is 5.82. The summed E-state index contributed by atoms with van der Waals surface area (Å²) < 4.78 is 0. The smallest absolute Gasteiger partial charge is 0.253 e. The van der Waals surface area contributed by atoms with Gasteiger partial charge in [-0.2, -0.15) is 0 Å². The molecule has 146 valence electrons. The molecule has 0 aromatic heterocycles. The van der Waals surface area contributed by atoms with E-state index in [1.54, 1.807) is 17.0 Å². The van der Waals surface area contributed by atoms with Crippen LogP contribution in [0.4, 0.5) is 0 Å². The summed E-state index contributed by atoms with van der Waals surface area (Å²) >= 11 is 0. The molecule has 2 N–H and O–H groups in total. The van der Waals surface area contributed by atoms with Crippen LogP contribution in [0, 0.1) is 5.41 Å². The van der Waals surface area contributed by atoms with Gasteiger partial charge in [0.15, 0.2) is 0 Å². The van der Waals surface area contributed by atoms with Gasteiger partial charge in [0, 0.05) is 18.7 Å². The molecule has 4 rings (SSSR count). The maximum absolute atomic E-state index is 12.9. The zero-order chi connectivity index (χ0) is 20.3. The summed E-state index contributed by atoms with van der Waals surface area (Å²) in [5.74, 6) is -0.395. The monoisotopic (exact) mass is 384 g/mol. The second kappa shape index (κ2) is 7.92. The lowest BCUT2D eigenvalue weighted by molar-refractivity contribution is -0.126. The number of nitrogens with two attached hydrogens (primary N) is 1. The largest absolute Gasteiger partial charge is 0.369 e. The molecule has 2 amide bonds. The van der Waals surface area contributed by atoms with Gasteiger partial charge in [0.1, 0.15) is 0 Å². The van der Waals surface area contributed by atoms with Gasteiger partial charge in [-0.1, -0.05) is 72.8 Å². The van der Waals surface area contributed by atoms with Gasteiger partial charge >= 0.3 is 0 Å². The Bertz CT molecular complexity index is 1020. The van der Waals surface area contributed by atoms with Crippen molar-refractivity contribution in [2.45, 2.75) is 12.8 Å². The number of likely N-dealkylation sites (tertiary alicyclic amines) is 1. The lowest BCUT2D eigenvalue weighted by atomic mass is 9.78. The van der Waals surface area contributed by atoms with Crippen LogP contribution in [0.15, 0.2) is 84.9 Å². The first-order valence-corrected chi connectivity index (χ1v) is 9.87. The fraction of sp³-hybridized carbons (Fsp3) is 0.200. The molecule has 0 spiro atoms. The normalized spacial score (nSPS) is 18.6. The molecule has 4 nitrogen and oxygen atoms in total. The van der Waals surface area contributed by atoms with Crippen molar-refractivity contribution in [2.75, 3.05) is 13.1 Å². The molecular weight excluding hydrogens is 360 g/mol. The van der Waals surface area contributed by atoms with Crippen molar-refractivity contribution in [1.29, 1.82) is 0 Å². The van der Waals surface area contributed by atoms with Gasteiger partial charge in [0.05, 0.1) is 5.41 Å². The molecule has 0 radical (unpaired) electrons. The van der Waals surface area contributed by atoms with Crippen molar-refractivity contribution < 1.29 is 9.59 Å². The molecule has 1 saturated heterocycles. The van der Waals surface area contributed by atoms with Crippen LogP contribution in [0.2, 0.25) is 0 Å². The topological polar surface area (TPSA) is 63.4 Å². The number of primary amides is 1. The van der Waals surface area contributed by atoms with E-state index < -0.39 is 5.41 Å². The Morgan fingerprint density at radius 1 is 0.862 bits per heavy atom. The van der Waals surface area contributed by atoms with Crippen LogP contribution in [0.25, 0.3) is 11.1 Å². The zero-order valence-corrected chi connectivity index (χ0v) is 16.3. The Morgan fingerprint density at radius 3 is 2.17 bits per heavy atom. The quantitative estimate of drug-likeness (QED) is 0.725. The molecule has 4 heteroatoms. The van der Waals surface area contributed by atoms with Crippen LogP contribution in [0.3, 0.4) is 0 Å². The van der Waals surface area contributed by atoms with Crippen LogP contribution < -0.4 is 5.73 Å². The van der Waals surface area contributed by atoms with Crippen molar-refractivity contribution in [1.82, 2.24) is 4.90 Å². The van der Waals surface area contributed by atoms with E-state index in [1.807, 2.05) is 48.5 Å². The Hall–Kier alpha value is -3.40. The summed E-state index contributed by atoms with van der Waals surface area (Å²) in [7, 11) is 0. The predicted octanol–water partition coefficient (Wildman–Crippen LogP) is 3.91. The standard InChI is InChI=1S/C25H24N2O2/c26-24(29)25(15-16-27(18-25)23(28)20-11-5-2-6-12-20)17-21-13-7-8-14-22(21)19-9-3-1-4-10-19/h1-14H,15-18H2,(H2,26,29)/t25-/m1/s1. The SMILES string of the molecule is NC(=O)[C@@]1(Cc2ccccc2-c2ccccc2)CCN(C(=O)c2ccccc2)C1. The maximum atomic E-state index is 12.9. The summed E-state index contributed by atoms with van der Waals surface area (Å²) in [6.07, 6.45) is 1.09. The number of hydrogen-bond donors (Lipinski definition) is 1. The lowest BCUT2D eigenvalue weighted by Crippen LogP contribution is -2.42. The van der Waals surface area contributed by atoms with E-state index in [2.05, 4.69) is 24.3 Å². The Kier molecular flexibility index (Phi) is 5.17. The average molecular weight is 384 g/mol. The highest BCUT2D eigenvalue weighted by Crippen LogP contribution is 2.37. The van der Waals surface area contributed by atoms with Gasteiger partial charge in [-0.25, -0.2) is 0 Å². The first-order chi connectivity index (χ1) is 14.1. The summed E-state index contributed by atoms with van der Waals surface area (Å²) in [5.41, 5.74) is 9.06. The van der Waals surface area contributed by atoms with Crippen molar-refractivity contribution in [3.63, 3.8) is 0 Å². The van der Waals surface area contributed by atoms with Crippen molar-refractivity contribution >= 4 is 11.8 Å². The highest BCUT2D eigenvalue weighted by atomic mass is 16.2. The Labute approximate surface area is 171 Å². The second-order valence-electron chi connectivity index (χ2n) is 7.69. The molecule has 1 fully saturated rings. The Balaban J connectivity index is 1.62. The van der Waals surface area contributed by atoms with E-state index in [-0.39, 0.29) is 11.8 Å². The lowest BCUT2D eigenvalue weighted by Gasteiger charge is -2.27. The number of benzene rings is 3. The van der Waals surface area contributed by atoms with Gasteiger partial charge in [0.25, 0.3) is 5.91 Å². The number of carbonyl (C=O) groups is 2.